The van der Waals surface area contributed by atoms with E-state index in [1.807, 2.05) is 42.6 Å². The first-order chi connectivity index (χ1) is 14.6. The zero-order chi connectivity index (χ0) is 20.7. The van der Waals surface area contributed by atoms with Gasteiger partial charge in [0.05, 0.1) is 22.3 Å². The summed E-state index contributed by atoms with van der Waals surface area (Å²) in [6.45, 7) is 1.45. The maximum atomic E-state index is 12.4. The van der Waals surface area contributed by atoms with E-state index < -0.39 is 12.0 Å². The highest BCUT2D eigenvalue weighted by atomic mass is 32.1. The van der Waals surface area contributed by atoms with Crippen molar-refractivity contribution in [3.8, 4) is 5.75 Å². The van der Waals surface area contributed by atoms with Crippen molar-refractivity contribution in [2.75, 3.05) is 20.2 Å². The summed E-state index contributed by atoms with van der Waals surface area (Å²) in [6, 6.07) is 13.2. The van der Waals surface area contributed by atoms with Crippen molar-refractivity contribution >= 4 is 38.4 Å². The number of nitrogens with one attached hydrogen (secondary N) is 1. The Morgan fingerprint density at radius 3 is 3.00 bits per heavy atom. The van der Waals surface area contributed by atoms with E-state index in [-0.39, 0.29) is 5.92 Å². The standard InChI is InChI=1S/C23H23N3O3S/c1-29-15-8-9-18-16(11-15)17(12-24-18)21(23(27)28)26-10-4-5-14(13-26)22-25-19-6-2-3-7-20(19)30-22/h2-3,6-9,11-12,14,21,24H,4-5,10,13H2,1H3,(H,27,28)/t14-,21-/m0/s1. The van der Waals surface area contributed by atoms with Gasteiger partial charge < -0.3 is 14.8 Å². The predicted molar refractivity (Wildman–Crippen MR) is 118 cm³/mol. The molecule has 0 aliphatic carbocycles. The van der Waals surface area contributed by atoms with E-state index in [0.29, 0.717) is 6.54 Å². The van der Waals surface area contributed by atoms with Crippen molar-refractivity contribution in [3.05, 3.63) is 59.2 Å². The highest BCUT2D eigenvalue weighted by molar-refractivity contribution is 7.18. The summed E-state index contributed by atoms with van der Waals surface area (Å²) in [6.07, 6.45) is 3.81. The first-order valence-electron chi connectivity index (χ1n) is 10.1. The van der Waals surface area contributed by atoms with Crippen molar-refractivity contribution in [1.29, 1.82) is 0 Å². The van der Waals surface area contributed by atoms with Gasteiger partial charge in [-0.05, 0) is 49.7 Å². The van der Waals surface area contributed by atoms with E-state index >= 15 is 0 Å². The minimum atomic E-state index is -0.830. The lowest BCUT2D eigenvalue weighted by molar-refractivity contribution is -0.144. The Balaban J connectivity index is 1.48. The number of rotatable bonds is 5. The Hall–Kier alpha value is -2.90. The quantitative estimate of drug-likeness (QED) is 0.484. The molecule has 1 fully saturated rings. The molecule has 7 heteroatoms. The fraction of sp³-hybridized carbons (Fsp3) is 0.304. The lowest BCUT2D eigenvalue weighted by Gasteiger charge is -2.35. The number of likely N-dealkylation sites (tertiary alicyclic amines) is 1. The van der Waals surface area contributed by atoms with Gasteiger partial charge in [-0.3, -0.25) is 9.69 Å². The maximum Gasteiger partial charge on any atom is 0.325 e. The van der Waals surface area contributed by atoms with Gasteiger partial charge in [0.1, 0.15) is 11.8 Å². The van der Waals surface area contributed by atoms with E-state index in [2.05, 4.69) is 16.0 Å². The molecule has 2 N–H and O–H groups in total. The molecular weight excluding hydrogens is 398 g/mol. The molecule has 0 bridgehead atoms. The third kappa shape index (κ3) is 3.34. The predicted octanol–water partition coefficient (Wildman–Crippen LogP) is 4.79. The number of aromatic nitrogens is 2. The molecule has 0 amide bonds. The van der Waals surface area contributed by atoms with Crippen LogP contribution in [0.4, 0.5) is 0 Å². The molecule has 3 heterocycles. The number of carbonyl (C=O) groups is 1. The van der Waals surface area contributed by atoms with Gasteiger partial charge in [-0.25, -0.2) is 4.98 Å². The molecule has 2 aromatic carbocycles. The Labute approximate surface area is 178 Å². The molecule has 154 valence electrons. The first-order valence-corrected chi connectivity index (χ1v) is 10.9. The zero-order valence-corrected chi connectivity index (χ0v) is 17.5. The molecule has 2 aromatic heterocycles. The second-order valence-electron chi connectivity index (χ2n) is 7.75. The number of carboxylic acid groups (broad SMARTS) is 1. The number of H-pyrrole nitrogens is 1. The number of benzene rings is 2. The lowest BCUT2D eigenvalue weighted by atomic mass is 9.95. The van der Waals surface area contributed by atoms with Crippen LogP contribution in [0.2, 0.25) is 0 Å². The Morgan fingerprint density at radius 1 is 1.33 bits per heavy atom. The highest BCUT2D eigenvalue weighted by Crippen LogP contribution is 2.38. The van der Waals surface area contributed by atoms with Gasteiger partial charge in [-0.2, -0.15) is 0 Å². The number of nitrogens with zero attached hydrogens (tertiary/aromatic N) is 2. The fourth-order valence-electron chi connectivity index (χ4n) is 4.47. The molecule has 1 aliphatic rings. The number of aliphatic carboxylic acids is 1. The number of aromatic amines is 1. The summed E-state index contributed by atoms with van der Waals surface area (Å²) in [5.74, 6) is 0.139. The third-order valence-electron chi connectivity index (χ3n) is 5.93. The Bertz CT molecular complexity index is 1180. The summed E-state index contributed by atoms with van der Waals surface area (Å²) < 4.78 is 6.54. The smallest absolute Gasteiger partial charge is 0.325 e. The molecule has 1 saturated heterocycles. The van der Waals surface area contributed by atoms with Crippen LogP contribution in [0.25, 0.3) is 21.1 Å². The van der Waals surface area contributed by atoms with Crippen LogP contribution in [0.5, 0.6) is 5.75 Å². The minimum absolute atomic E-state index is 0.248. The van der Waals surface area contributed by atoms with E-state index in [1.54, 1.807) is 18.4 Å². The van der Waals surface area contributed by atoms with Crippen LogP contribution < -0.4 is 4.74 Å². The molecule has 0 spiro atoms. The minimum Gasteiger partial charge on any atom is -0.497 e. The average molecular weight is 422 g/mol. The monoisotopic (exact) mass is 421 g/mol. The van der Waals surface area contributed by atoms with Gasteiger partial charge in [0.25, 0.3) is 0 Å². The Kier molecular flexibility index (Phi) is 4.92. The van der Waals surface area contributed by atoms with Gasteiger partial charge in [0.2, 0.25) is 0 Å². The van der Waals surface area contributed by atoms with Crippen LogP contribution in [-0.4, -0.2) is 46.1 Å². The molecule has 6 nitrogen and oxygen atoms in total. The van der Waals surface area contributed by atoms with Crippen LogP contribution in [0, 0.1) is 0 Å². The van der Waals surface area contributed by atoms with Gasteiger partial charge in [0, 0.05) is 35.1 Å². The van der Waals surface area contributed by atoms with Gasteiger partial charge in [-0.15, -0.1) is 11.3 Å². The van der Waals surface area contributed by atoms with Crippen molar-refractivity contribution in [2.45, 2.75) is 24.8 Å². The molecule has 0 unspecified atom stereocenters. The van der Waals surface area contributed by atoms with Gasteiger partial charge >= 0.3 is 5.97 Å². The number of fused-ring (bicyclic) bond motifs is 2. The van der Waals surface area contributed by atoms with Gasteiger partial charge in [0.15, 0.2) is 0 Å². The summed E-state index contributed by atoms with van der Waals surface area (Å²) in [7, 11) is 1.62. The largest absolute Gasteiger partial charge is 0.497 e. The second-order valence-corrected chi connectivity index (χ2v) is 8.81. The molecule has 0 saturated carbocycles. The number of ether oxygens (including phenoxy) is 1. The van der Waals surface area contributed by atoms with E-state index in [9.17, 15) is 9.90 Å². The van der Waals surface area contributed by atoms with Crippen molar-refractivity contribution in [2.24, 2.45) is 0 Å². The van der Waals surface area contributed by atoms with E-state index in [0.717, 1.165) is 52.1 Å². The normalized spacial score (nSPS) is 18.6. The van der Waals surface area contributed by atoms with Crippen molar-refractivity contribution in [1.82, 2.24) is 14.9 Å². The summed E-state index contributed by atoms with van der Waals surface area (Å²) in [5.41, 5.74) is 2.71. The van der Waals surface area contributed by atoms with E-state index in [4.69, 9.17) is 9.72 Å². The average Bonchev–Trinajstić information content (AvgIpc) is 3.38. The van der Waals surface area contributed by atoms with Crippen molar-refractivity contribution < 1.29 is 14.6 Å². The molecule has 2 atom stereocenters. The second kappa shape index (κ2) is 7.74. The molecule has 4 aromatic rings. The summed E-state index contributed by atoms with van der Waals surface area (Å²) >= 11 is 1.72. The number of hydrogen-bond donors (Lipinski definition) is 2. The van der Waals surface area contributed by atoms with Crippen LogP contribution in [0.3, 0.4) is 0 Å². The van der Waals surface area contributed by atoms with Gasteiger partial charge in [-0.1, -0.05) is 12.1 Å². The van der Waals surface area contributed by atoms with Crippen LogP contribution >= 0.6 is 11.3 Å². The number of carboxylic acids is 1. The summed E-state index contributed by atoms with van der Waals surface area (Å²) in [5, 5.41) is 12.1. The fourth-order valence-corrected chi connectivity index (χ4v) is 5.56. The van der Waals surface area contributed by atoms with Crippen LogP contribution in [0.1, 0.15) is 35.4 Å². The number of hydrogen-bond acceptors (Lipinski definition) is 5. The molecule has 5 rings (SSSR count). The molecule has 1 aliphatic heterocycles. The number of thiazole rings is 1. The SMILES string of the molecule is COc1ccc2[nH]cc([C@@H](C(=O)O)N3CCC[C@H](c4nc5ccccc5s4)C3)c2c1. The summed E-state index contributed by atoms with van der Waals surface area (Å²) in [4.78, 5) is 22.5. The molecule has 30 heavy (non-hydrogen) atoms. The van der Waals surface area contributed by atoms with Crippen LogP contribution in [0.15, 0.2) is 48.7 Å². The third-order valence-corrected chi connectivity index (χ3v) is 7.13. The number of para-hydroxylation sites is 1. The maximum absolute atomic E-state index is 12.4. The highest BCUT2D eigenvalue weighted by Gasteiger charge is 2.34. The molecular formula is C23H23N3O3S. The first kappa shape index (κ1) is 19.1. The number of methoxy groups -OCH3 is 1. The molecule has 0 radical (unpaired) electrons. The zero-order valence-electron chi connectivity index (χ0n) is 16.7. The topological polar surface area (TPSA) is 78.5 Å². The Morgan fingerprint density at radius 2 is 2.20 bits per heavy atom. The lowest BCUT2D eigenvalue weighted by Crippen LogP contribution is -2.40. The van der Waals surface area contributed by atoms with E-state index in [1.165, 1.54) is 4.70 Å². The number of piperidine rings is 1. The van der Waals surface area contributed by atoms with Crippen molar-refractivity contribution in [3.63, 3.8) is 0 Å². The van der Waals surface area contributed by atoms with Crippen LogP contribution in [-0.2, 0) is 4.79 Å².